The second-order valence-corrected chi connectivity index (χ2v) is 10.6. The number of likely N-dealkylation sites (N-methyl/N-ethyl adjacent to an activating group) is 1. The number of hydrogen-bond acceptors (Lipinski definition) is 5. The fourth-order valence-corrected chi connectivity index (χ4v) is 4.32. The van der Waals surface area contributed by atoms with Crippen LogP contribution in [-0.2, 0) is 21.1 Å². The number of carbonyl (C=O) groups is 1. The van der Waals surface area contributed by atoms with Crippen molar-refractivity contribution >= 4 is 21.3 Å². The van der Waals surface area contributed by atoms with Crippen LogP contribution < -0.4 is 4.90 Å². The summed E-state index contributed by atoms with van der Waals surface area (Å²) in [6.45, 7) is 7.68. The minimum atomic E-state index is -2.96. The van der Waals surface area contributed by atoms with E-state index in [1.54, 1.807) is 13.8 Å². The zero-order valence-electron chi connectivity index (χ0n) is 17.0. The highest BCUT2D eigenvalue weighted by Gasteiger charge is 2.16. The van der Waals surface area contributed by atoms with Crippen LogP contribution in [-0.4, -0.2) is 63.3 Å². The van der Waals surface area contributed by atoms with Crippen molar-refractivity contribution in [3.8, 4) is 0 Å². The average molecular weight is 395 g/mol. The molecule has 0 spiro atoms. The highest BCUT2D eigenvalue weighted by atomic mass is 32.2. The van der Waals surface area contributed by atoms with Crippen molar-refractivity contribution in [2.45, 2.75) is 51.2 Å². The van der Waals surface area contributed by atoms with E-state index in [4.69, 9.17) is 0 Å². The Labute approximate surface area is 164 Å². The third-order valence-electron chi connectivity index (χ3n) is 5.31. The van der Waals surface area contributed by atoms with Crippen molar-refractivity contribution in [3.05, 3.63) is 29.8 Å². The van der Waals surface area contributed by atoms with Crippen LogP contribution in [0, 0.1) is 0 Å². The summed E-state index contributed by atoms with van der Waals surface area (Å²) in [5, 5.41) is -0.312. The first-order valence-electron chi connectivity index (χ1n) is 10.0. The van der Waals surface area contributed by atoms with Gasteiger partial charge in [0.15, 0.2) is 9.84 Å². The highest BCUT2D eigenvalue weighted by Crippen LogP contribution is 2.18. The Kier molecular flexibility index (Phi) is 8.29. The lowest BCUT2D eigenvalue weighted by molar-refractivity contribution is -0.118. The van der Waals surface area contributed by atoms with Gasteiger partial charge in [-0.1, -0.05) is 18.6 Å². The third-order valence-corrected chi connectivity index (χ3v) is 7.60. The summed E-state index contributed by atoms with van der Waals surface area (Å²) in [4.78, 5) is 16.9. The standard InChI is InChI=1S/C21H34N2O3S/c1-18(2)27(25,26)16-6-4-5-7-21(24)17-19-8-10-20(11-9-19)23-14-12-22(3)13-15-23/h8-11,18H,4-7,12-17H2,1-3H3. The molecular weight excluding hydrogens is 360 g/mol. The number of anilines is 1. The van der Waals surface area contributed by atoms with Gasteiger partial charge in [-0.25, -0.2) is 8.42 Å². The number of carbonyl (C=O) groups excluding carboxylic acids is 1. The van der Waals surface area contributed by atoms with E-state index < -0.39 is 9.84 Å². The molecule has 1 aliphatic heterocycles. The fraction of sp³-hybridized carbons (Fsp3) is 0.667. The molecule has 0 N–H and O–H groups in total. The second-order valence-electron chi connectivity index (χ2n) is 7.90. The van der Waals surface area contributed by atoms with Gasteiger partial charge in [0.05, 0.1) is 11.0 Å². The maximum atomic E-state index is 12.2. The third kappa shape index (κ3) is 7.26. The Morgan fingerprint density at radius 2 is 1.63 bits per heavy atom. The number of hydrogen-bond donors (Lipinski definition) is 0. The predicted molar refractivity (Wildman–Crippen MR) is 112 cm³/mol. The van der Waals surface area contributed by atoms with E-state index in [2.05, 4.69) is 41.1 Å². The molecule has 2 rings (SSSR count). The van der Waals surface area contributed by atoms with Gasteiger partial charge < -0.3 is 9.80 Å². The van der Waals surface area contributed by atoms with E-state index >= 15 is 0 Å². The van der Waals surface area contributed by atoms with Gasteiger partial charge >= 0.3 is 0 Å². The van der Waals surface area contributed by atoms with Crippen LogP contribution in [0.1, 0.15) is 45.1 Å². The van der Waals surface area contributed by atoms with Crippen LogP contribution in [0.4, 0.5) is 5.69 Å². The molecule has 6 heteroatoms. The zero-order chi connectivity index (χ0) is 19.9. The minimum absolute atomic E-state index is 0.229. The first-order chi connectivity index (χ1) is 12.8. The fourth-order valence-electron chi connectivity index (χ4n) is 3.24. The van der Waals surface area contributed by atoms with E-state index in [-0.39, 0.29) is 16.8 Å². The smallest absolute Gasteiger partial charge is 0.152 e. The maximum absolute atomic E-state index is 12.2. The normalized spacial score (nSPS) is 16.1. The van der Waals surface area contributed by atoms with E-state index in [0.29, 0.717) is 19.3 Å². The summed E-state index contributed by atoms with van der Waals surface area (Å²) < 4.78 is 23.5. The Bertz CT molecular complexity index is 691. The van der Waals surface area contributed by atoms with Crippen molar-refractivity contribution in [2.24, 2.45) is 0 Å². The number of unbranched alkanes of at least 4 members (excludes halogenated alkanes) is 2. The van der Waals surface area contributed by atoms with Gasteiger partial charge in [-0.2, -0.15) is 0 Å². The van der Waals surface area contributed by atoms with Gasteiger partial charge in [0.2, 0.25) is 0 Å². The Balaban J connectivity index is 1.68. The molecule has 1 aliphatic rings. The molecule has 1 saturated heterocycles. The molecule has 1 fully saturated rings. The number of Topliss-reactive ketones (excluding diaryl/α,β-unsaturated/α-hetero) is 1. The van der Waals surface area contributed by atoms with Gasteiger partial charge in [0, 0.05) is 44.7 Å². The van der Waals surface area contributed by atoms with E-state index in [1.807, 2.05) is 0 Å². The Morgan fingerprint density at radius 3 is 2.22 bits per heavy atom. The average Bonchev–Trinajstić information content (AvgIpc) is 2.62. The molecule has 1 aromatic rings. The number of benzene rings is 1. The minimum Gasteiger partial charge on any atom is -0.369 e. The number of ketones is 1. The van der Waals surface area contributed by atoms with Crippen LogP contribution in [0.5, 0.6) is 0 Å². The maximum Gasteiger partial charge on any atom is 0.152 e. The van der Waals surface area contributed by atoms with Crippen LogP contribution >= 0.6 is 0 Å². The number of nitrogens with zero attached hydrogens (tertiary/aromatic N) is 2. The molecule has 152 valence electrons. The topological polar surface area (TPSA) is 57.7 Å². The van der Waals surface area contributed by atoms with Crippen LogP contribution in [0.15, 0.2) is 24.3 Å². The molecule has 0 aliphatic carbocycles. The molecular formula is C21H34N2O3S. The van der Waals surface area contributed by atoms with Gasteiger partial charge in [0.1, 0.15) is 5.78 Å². The molecule has 0 bridgehead atoms. The zero-order valence-corrected chi connectivity index (χ0v) is 17.8. The summed E-state index contributed by atoms with van der Waals surface area (Å²) in [5.74, 6) is 0.459. The van der Waals surface area contributed by atoms with Gasteiger partial charge in [0.25, 0.3) is 0 Å². The summed E-state index contributed by atoms with van der Waals surface area (Å²) in [6.07, 6.45) is 3.20. The summed E-state index contributed by atoms with van der Waals surface area (Å²) in [5.41, 5.74) is 2.28. The molecule has 1 aromatic carbocycles. The van der Waals surface area contributed by atoms with Gasteiger partial charge in [-0.3, -0.25) is 4.79 Å². The van der Waals surface area contributed by atoms with Crippen LogP contribution in [0.2, 0.25) is 0 Å². The SMILES string of the molecule is CC(C)S(=O)(=O)CCCCCC(=O)Cc1ccc(N2CCN(C)CC2)cc1. The van der Waals surface area contributed by atoms with Crippen LogP contribution in [0.3, 0.4) is 0 Å². The first kappa shape index (κ1) is 21.9. The quantitative estimate of drug-likeness (QED) is 0.571. The summed E-state index contributed by atoms with van der Waals surface area (Å²) in [6, 6.07) is 8.34. The first-order valence-corrected chi connectivity index (χ1v) is 11.7. The van der Waals surface area contributed by atoms with Gasteiger partial charge in [-0.05, 0) is 51.4 Å². The molecule has 0 radical (unpaired) electrons. The van der Waals surface area contributed by atoms with Crippen molar-refractivity contribution < 1.29 is 13.2 Å². The lowest BCUT2D eigenvalue weighted by Crippen LogP contribution is -2.44. The molecule has 27 heavy (non-hydrogen) atoms. The Morgan fingerprint density at radius 1 is 1.00 bits per heavy atom. The number of sulfone groups is 1. The molecule has 0 aromatic heterocycles. The van der Waals surface area contributed by atoms with Crippen molar-refractivity contribution in [1.29, 1.82) is 0 Å². The largest absolute Gasteiger partial charge is 0.369 e. The predicted octanol–water partition coefficient (Wildman–Crippen LogP) is 2.93. The van der Waals surface area contributed by atoms with Crippen LogP contribution in [0.25, 0.3) is 0 Å². The van der Waals surface area contributed by atoms with Crippen molar-refractivity contribution in [3.63, 3.8) is 0 Å². The summed E-state index contributed by atoms with van der Waals surface area (Å²) >= 11 is 0. The second kappa shape index (κ2) is 10.2. The Hall–Kier alpha value is -1.40. The highest BCUT2D eigenvalue weighted by molar-refractivity contribution is 7.91. The van der Waals surface area contributed by atoms with Crippen molar-refractivity contribution in [2.75, 3.05) is 43.9 Å². The summed E-state index contributed by atoms with van der Waals surface area (Å²) in [7, 11) is -0.807. The molecule has 0 amide bonds. The molecule has 0 saturated carbocycles. The van der Waals surface area contributed by atoms with E-state index in [1.165, 1.54) is 5.69 Å². The molecule has 0 atom stereocenters. The van der Waals surface area contributed by atoms with E-state index in [9.17, 15) is 13.2 Å². The number of rotatable bonds is 10. The molecule has 5 nitrogen and oxygen atoms in total. The van der Waals surface area contributed by atoms with E-state index in [0.717, 1.165) is 44.6 Å². The monoisotopic (exact) mass is 394 g/mol. The number of piperazine rings is 1. The lowest BCUT2D eigenvalue weighted by Gasteiger charge is -2.34. The van der Waals surface area contributed by atoms with Crippen molar-refractivity contribution in [1.82, 2.24) is 4.90 Å². The molecule has 1 heterocycles. The van der Waals surface area contributed by atoms with Gasteiger partial charge in [-0.15, -0.1) is 0 Å². The lowest BCUT2D eigenvalue weighted by atomic mass is 10.0. The molecule has 0 unspecified atom stereocenters.